The molecule has 0 saturated heterocycles. The van der Waals surface area contributed by atoms with Crippen LogP contribution in [0.1, 0.15) is 33.3 Å². The molecule has 0 spiro atoms. The van der Waals surface area contributed by atoms with Gasteiger partial charge in [0.05, 0.1) is 31.1 Å². The Morgan fingerprint density at radius 1 is 1.23 bits per heavy atom. The van der Waals surface area contributed by atoms with Gasteiger partial charge in [0.2, 0.25) is 5.91 Å². The number of amides is 3. The van der Waals surface area contributed by atoms with Crippen LogP contribution in [0.4, 0.5) is 5.13 Å². The van der Waals surface area contributed by atoms with Crippen molar-refractivity contribution in [1.82, 2.24) is 9.88 Å². The van der Waals surface area contributed by atoms with Gasteiger partial charge in [0.1, 0.15) is 6.04 Å². The molecule has 136 valence electrons. The van der Waals surface area contributed by atoms with Crippen LogP contribution in [0.5, 0.6) is 0 Å². The van der Waals surface area contributed by atoms with Crippen molar-refractivity contribution < 1.29 is 14.4 Å². The van der Waals surface area contributed by atoms with Crippen LogP contribution in [-0.2, 0) is 4.79 Å². The highest BCUT2D eigenvalue weighted by atomic mass is 35.5. The second kappa shape index (κ2) is 7.19. The minimum Gasteiger partial charge on any atom is -0.300 e. The van der Waals surface area contributed by atoms with Crippen molar-refractivity contribution in [3.63, 3.8) is 0 Å². The lowest BCUT2D eigenvalue weighted by atomic mass is 10.1. The molecule has 0 aliphatic carbocycles. The molecule has 6 nitrogen and oxygen atoms in total. The van der Waals surface area contributed by atoms with Gasteiger partial charge in [0, 0.05) is 0 Å². The van der Waals surface area contributed by atoms with Gasteiger partial charge in [-0.05, 0) is 32.2 Å². The highest BCUT2D eigenvalue weighted by molar-refractivity contribution is 8.00. The fourth-order valence-electron chi connectivity index (χ4n) is 2.56. The number of fused-ring (bicyclic) bond motifs is 1. The number of imide groups is 1. The molecule has 0 bridgehead atoms. The molecule has 1 atom stereocenters. The number of anilines is 1. The van der Waals surface area contributed by atoms with Gasteiger partial charge in [-0.1, -0.05) is 34.5 Å². The van der Waals surface area contributed by atoms with Crippen molar-refractivity contribution in [2.75, 3.05) is 11.6 Å². The van der Waals surface area contributed by atoms with Gasteiger partial charge in [0.15, 0.2) is 5.13 Å². The fraction of sp³-hybridized carbons (Fsp3) is 0.250. The fourth-order valence-corrected chi connectivity index (χ4v) is 4.50. The van der Waals surface area contributed by atoms with E-state index < -0.39 is 23.8 Å². The largest absolute Gasteiger partial charge is 0.300 e. The Hall–Kier alpha value is -1.61. The molecule has 0 saturated carbocycles. The number of hydrogen-bond donors (Lipinski definition) is 1. The summed E-state index contributed by atoms with van der Waals surface area (Å²) in [6.45, 7) is 3.33. The minimum atomic E-state index is -1.01. The molecule has 3 rings (SSSR count). The molecule has 26 heavy (non-hydrogen) atoms. The highest BCUT2D eigenvalue weighted by Gasteiger charge is 2.41. The summed E-state index contributed by atoms with van der Waals surface area (Å²) in [4.78, 5) is 42.9. The van der Waals surface area contributed by atoms with Crippen molar-refractivity contribution in [1.29, 1.82) is 0 Å². The summed E-state index contributed by atoms with van der Waals surface area (Å²) < 4.78 is 0.984. The van der Waals surface area contributed by atoms with Crippen LogP contribution in [0, 0.1) is 6.92 Å². The van der Waals surface area contributed by atoms with E-state index in [1.165, 1.54) is 42.2 Å². The summed E-state index contributed by atoms with van der Waals surface area (Å²) in [5.74, 6) is -1.66. The monoisotopic (exact) mass is 429 g/mol. The zero-order valence-electron chi connectivity index (χ0n) is 13.9. The van der Waals surface area contributed by atoms with Gasteiger partial charge in [0.25, 0.3) is 11.8 Å². The zero-order chi connectivity index (χ0) is 19.2. The number of aryl methyl sites for hydroxylation is 1. The van der Waals surface area contributed by atoms with Crippen molar-refractivity contribution in [3.05, 3.63) is 39.0 Å². The first-order valence-corrected chi connectivity index (χ1v) is 10.2. The quantitative estimate of drug-likeness (QED) is 0.584. The number of thiazole rings is 1. The number of nitrogens with one attached hydrogen (secondary N) is 1. The third-order valence-corrected chi connectivity index (χ3v) is 6.90. The van der Waals surface area contributed by atoms with Crippen LogP contribution < -0.4 is 5.32 Å². The minimum absolute atomic E-state index is 0.138. The first kappa shape index (κ1) is 19.2. The van der Waals surface area contributed by atoms with Gasteiger partial charge in [-0.3, -0.25) is 19.3 Å². The molecular weight excluding hydrogens is 417 g/mol. The van der Waals surface area contributed by atoms with Crippen LogP contribution in [0.2, 0.25) is 10.0 Å². The molecule has 3 amide bonds. The Kier molecular flexibility index (Phi) is 5.30. The molecule has 10 heteroatoms. The molecule has 1 aromatic heterocycles. The predicted molar refractivity (Wildman–Crippen MR) is 104 cm³/mol. The molecule has 0 fully saturated rings. The van der Waals surface area contributed by atoms with E-state index >= 15 is 0 Å². The summed E-state index contributed by atoms with van der Waals surface area (Å²) in [6.07, 6.45) is 1.92. The van der Waals surface area contributed by atoms with Crippen LogP contribution in [0.15, 0.2) is 16.3 Å². The molecule has 1 aliphatic heterocycles. The van der Waals surface area contributed by atoms with Gasteiger partial charge in [-0.15, -0.1) is 11.8 Å². The number of aromatic nitrogens is 1. The second-order valence-corrected chi connectivity index (χ2v) is 8.44. The van der Waals surface area contributed by atoms with Crippen LogP contribution >= 0.6 is 46.3 Å². The second-order valence-electron chi connectivity index (χ2n) is 5.55. The Morgan fingerprint density at radius 3 is 2.23 bits per heavy atom. The summed E-state index contributed by atoms with van der Waals surface area (Å²) in [7, 11) is 0. The summed E-state index contributed by atoms with van der Waals surface area (Å²) in [6, 6.07) is 1.68. The lowest BCUT2D eigenvalue weighted by Crippen LogP contribution is -2.45. The third kappa shape index (κ3) is 3.22. The number of benzene rings is 1. The van der Waals surface area contributed by atoms with E-state index in [9.17, 15) is 14.4 Å². The third-order valence-electron chi connectivity index (χ3n) is 3.90. The Balaban J connectivity index is 1.83. The van der Waals surface area contributed by atoms with E-state index in [-0.39, 0.29) is 21.2 Å². The van der Waals surface area contributed by atoms with E-state index in [0.717, 1.165) is 14.8 Å². The van der Waals surface area contributed by atoms with Crippen molar-refractivity contribution >= 4 is 69.2 Å². The molecule has 1 N–H and O–H groups in total. The molecule has 0 radical (unpaired) electrons. The lowest BCUT2D eigenvalue weighted by Gasteiger charge is -2.21. The van der Waals surface area contributed by atoms with Gasteiger partial charge in [-0.25, -0.2) is 4.98 Å². The zero-order valence-corrected chi connectivity index (χ0v) is 17.1. The predicted octanol–water partition coefficient (Wildman–Crippen LogP) is 4.10. The maximum Gasteiger partial charge on any atom is 0.262 e. The first-order valence-electron chi connectivity index (χ1n) is 7.43. The Labute approximate surface area is 167 Å². The summed E-state index contributed by atoms with van der Waals surface area (Å²) in [5.41, 5.74) is 1.09. The van der Waals surface area contributed by atoms with E-state index in [2.05, 4.69) is 10.3 Å². The van der Waals surface area contributed by atoms with E-state index in [0.29, 0.717) is 5.13 Å². The smallest absolute Gasteiger partial charge is 0.262 e. The normalized spacial score (nSPS) is 14.6. The molecule has 2 aromatic rings. The van der Waals surface area contributed by atoms with E-state index in [1.54, 1.807) is 0 Å². The van der Waals surface area contributed by atoms with E-state index in [1.807, 2.05) is 13.2 Å². The number of carbonyl (C=O) groups excluding carboxylic acids is 3. The molecule has 2 heterocycles. The van der Waals surface area contributed by atoms with Crippen molar-refractivity contribution in [2.45, 2.75) is 24.1 Å². The SMILES string of the molecule is CSc1sc(NC(=O)C(C)N2C(=O)c3cc(Cl)c(Cl)cc3C2=O)nc1C. The lowest BCUT2D eigenvalue weighted by molar-refractivity contribution is -0.119. The molecule has 1 aliphatic rings. The Morgan fingerprint density at radius 2 is 1.77 bits per heavy atom. The number of thioether (sulfide) groups is 1. The van der Waals surface area contributed by atoms with E-state index in [4.69, 9.17) is 23.2 Å². The van der Waals surface area contributed by atoms with Gasteiger partial charge < -0.3 is 5.32 Å². The van der Waals surface area contributed by atoms with Crippen LogP contribution in [0.3, 0.4) is 0 Å². The number of rotatable bonds is 4. The van der Waals surface area contributed by atoms with Crippen molar-refractivity contribution in [3.8, 4) is 0 Å². The molecule has 1 aromatic carbocycles. The molecular formula is C16H13Cl2N3O3S2. The maximum absolute atomic E-state index is 12.6. The number of halogens is 2. The van der Waals surface area contributed by atoms with Crippen LogP contribution in [-0.4, -0.2) is 39.9 Å². The van der Waals surface area contributed by atoms with Gasteiger partial charge in [-0.2, -0.15) is 0 Å². The van der Waals surface area contributed by atoms with Crippen LogP contribution in [0.25, 0.3) is 0 Å². The van der Waals surface area contributed by atoms with Gasteiger partial charge >= 0.3 is 0 Å². The number of hydrogen-bond acceptors (Lipinski definition) is 6. The number of nitrogens with zero attached hydrogens (tertiary/aromatic N) is 2. The molecule has 1 unspecified atom stereocenters. The Bertz CT molecular complexity index is 904. The maximum atomic E-state index is 12.6. The average Bonchev–Trinajstić information content (AvgIpc) is 3.05. The topological polar surface area (TPSA) is 79.4 Å². The highest BCUT2D eigenvalue weighted by Crippen LogP contribution is 2.33. The standard InChI is InChI=1S/C16H13Cl2N3O3S2/c1-6-15(25-3)26-16(19-6)20-12(22)7(2)21-13(23)8-4-10(17)11(18)5-9(8)14(21)24/h4-5,7H,1-3H3,(H,19,20,22). The summed E-state index contributed by atoms with van der Waals surface area (Å²) >= 11 is 14.7. The van der Waals surface area contributed by atoms with Crippen molar-refractivity contribution in [2.24, 2.45) is 0 Å². The number of carbonyl (C=O) groups is 3. The summed E-state index contributed by atoms with van der Waals surface area (Å²) in [5, 5.41) is 3.43. The average molecular weight is 430 g/mol. The first-order chi connectivity index (χ1) is 12.2.